The molecule has 0 saturated heterocycles. The molecule has 0 radical (unpaired) electrons. The lowest BCUT2D eigenvalue weighted by atomic mass is 10.1. The van der Waals surface area contributed by atoms with Gasteiger partial charge in [0.05, 0.1) is 5.69 Å². The third kappa shape index (κ3) is 2.67. The second kappa shape index (κ2) is 5.44. The molecule has 0 fully saturated rings. The average molecular weight is 264 g/mol. The molecule has 1 aromatic carbocycles. The van der Waals surface area contributed by atoms with Crippen molar-refractivity contribution in [1.29, 1.82) is 0 Å². The first-order valence-electron chi connectivity index (χ1n) is 6.16. The van der Waals surface area contributed by atoms with Crippen molar-refractivity contribution >= 4 is 17.5 Å². The number of imidazole rings is 1. The number of nitrogens with zero attached hydrogens (tertiary/aromatic N) is 2. The predicted molar refractivity (Wildman–Crippen MR) is 75.9 cm³/mol. The van der Waals surface area contributed by atoms with Gasteiger partial charge >= 0.3 is 0 Å². The Morgan fingerprint density at radius 3 is 2.28 bits per heavy atom. The van der Waals surface area contributed by atoms with E-state index in [0.717, 1.165) is 25.0 Å². The topological polar surface area (TPSA) is 43.8 Å². The molecule has 96 valence electrons. The second-order valence-electron chi connectivity index (χ2n) is 4.44. The third-order valence-electron chi connectivity index (χ3n) is 3.21. The highest BCUT2D eigenvalue weighted by Gasteiger charge is 2.10. The molecule has 2 N–H and O–H groups in total. The predicted octanol–water partition coefficient (Wildman–Crippen LogP) is 3.00. The van der Waals surface area contributed by atoms with E-state index >= 15 is 0 Å². The zero-order chi connectivity index (χ0) is 13.1. The molecule has 0 aliphatic carbocycles. The van der Waals surface area contributed by atoms with Crippen LogP contribution < -0.4 is 5.73 Å². The second-order valence-corrected chi connectivity index (χ2v) is 4.79. The Hall–Kier alpha value is -1.48. The molecule has 2 aromatic rings. The number of halogens is 1. The van der Waals surface area contributed by atoms with Crippen molar-refractivity contribution < 1.29 is 0 Å². The smallest absolute Gasteiger partial charge is 0.201 e. The van der Waals surface area contributed by atoms with Gasteiger partial charge in [-0.15, -0.1) is 0 Å². The lowest BCUT2D eigenvalue weighted by Crippen LogP contribution is -1.96. The summed E-state index contributed by atoms with van der Waals surface area (Å²) >= 11 is 6.15. The number of benzene rings is 1. The third-order valence-corrected chi connectivity index (χ3v) is 3.68. The van der Waals surface area contributed by atoms with Crippen LogP contribution in [0.5, 0.6) is 0 Å². The zero-order valence-electron chi connectivity index (χ0n) is 10.8. The number of nitrogens with two attached hydrogens (primary N) is 1. The van der Waals surface area contributed by atoms with Crippen LogP contribution in [-0.4, -0.2) is 9.55 Å². The Bertz CT molecular complexity index is 529. The highest BCUT2D eigenvalue weighted by atomic mass is 35.5. The Kier molecular flexibility index (Phi) is 3.92. The quantitative estimate of drug-likeness (QED) is 0.922. The van der Waals surface area contributed by atoms with Gasteiger partial charge in [0.15, 0.2) is 0 Å². The maximum absolute atomic E-state index is 6.15. The van der Waals surface area contributed by atoms with Crippen LogP contribution >= 0.6 is 11.6 Å². The van der Waals surface area contributed by atoms with Crippen molar-refractivity contribution in [1.82, 2.24) is 9.55 Å². The summed E-state index contributed by atoms with van der Waals surface area (Å²) in [5, 5.41) is 0.637. The van der Waals surface area contributed by atoms with Crippen LogP contribution in [0.15, 0.2) is 24.3 Å². The van der Waals surface area contributed by atoms with E-state index in [1.807, 2.05) is 7.05 Å². The van der Waals surface area contributed by atoms with Crippen LogP contribution in [0, 0.1) is 0 Å². The molecule has 4 heteroatoms. The van der Waals surface area contributed by atoms with Crippen molar-refractivity contribution in [3.05, 3.63) is 46.2 Å². The van der Waals surface area contributed by atoms with E-state index in [9.17, 15) is 0 Å². The lowest BCUT2D eigenvalue weighted by Gasteiger charge is -2.02. The number of rotatable bonds is 4. The first-order valence-corrected chi connectivity index (χ1v) is 6.54. The molecule has 0 amide bonds. The van der Waals surface area contributed by atoms with Gasteiger partial charge in [0.25, 0.3) is 0 Å². The Labute approximate surface area is 113 Å². The molecule has 2 rings (SSSR count). The van der Waals surface area contributed by atoms with E-state index in [2.05, 4.69) is 36.2 Å². The van der Waals surface area contributed by atoms with E-state index in [-0.39, 0.29) is 0 Å². The maximum atomic E-state index is 6.15. The van der Waals surface area contributed by atoms with Crippen LogP contribution in [0.1, 0.15) is 23.7 Å². The van der Waals surface area contributed by atoms with Gasteiger partial charge in [0, 0.05) is 7.05 Å². The van der Waals surface area contributed by atoms with Crippen LogP contribution in [-0.2, 0) is 26.3 Å². The van der Waals surface area contributed by atoms with Gasteiger partial charge in [0.2, 0.25) is 5.95 Å². The normalized spacial score (nSPS) is 10.8. The van der Waals surface area contributed by atoms with Crippen molar-refractivity contribution in [3.8, 4) is 0 Å². The number of nitrogen functional groups attached to an aromatic ring is 1. The molecule has 0 unspecified atom stereocenters. The summed E-state index contributed by atoms with van der Waals surface area (Å²) in [4.78, 5) is 4.27. The number of hydrogen-bond acceptors (Lipinski definition) is 2. The van der Waals surface area contributed by atoms with Gasteiger partial charge < -0.3 is 10.3 Å². The summed E-state index contributed by atoms with van der Waals surface area (Å²) in [5.74, 6) is 0.469. The first-order chi connectivity index (χ1) is 8.61. The molecule has 1 aromatic heterocycles. The molecule has 0 aliphatic heterocycles. The van der Waals surface area contributed by atoms with Gasteiger partial charge in [0.1, 0.15) is 5.15 Å². The molecular weight excluding hydrogens is 246 g/mol. The highest BCUT2D eigenvalue weighted by molar-refractivity contribution is 6.30. The molecule has 0 spiro atoms. The fourth-order valence-corrected chi connectivity index (χ4v) is 2.14. The van der Waals surface area contributed by atoms with E-state index in [4.69, 9.17) is 17.3 Å². The minimum atomic E-state index is 0.469. The van der Waals surface area contributed by atoms with Crippen LogP contribution in [0.2, 0.25) is 5.15 Å². The Balaban J connectivity index is 2.04. The van der Waals surface area contributed by atoms with Gasteiger partial charge in [-0.05, 0) is 30.4 Å². The van der Waals surface area contributed by atoms with Gasteiger partial charge in [-0.1, -0.05) is 42.8 Å². The summed E-state index contributed by atoms with van der Waals surface area (Å²) in [6, 6.07) is 8.67. The standard InChI is InChI=1S/C14H18ClN3/c1-3-10-4-6-11(7-5-10)8-9-12-13(15)18(2)14(16)17-12/h4-7H,3,8-9H2,1-2H3,(H2,16,17). The fraction of sp³-hybridized carbons (Fsp3) is 0.357. The van der Waals surface area contributed by atoms with Crippen LogP contribution in [0.25, 0.3) is 0 Å². The van der Waals surface area contributed by atoms with E-state index in [1.54, 1.807) is 4.57 Å². The number of anilines is 1. The molecule has 1 heterocycles. The van der Waals surface area contributed by atoms with Gasteiger partial charge in [-0.2, -0.15) is 0 Å². The zero-order valence-corrected chi connectivity index (χ0v) is 11.5. The summed E-state index contributed by atoms with van der Waals surface area (Å²) in [6.45, 7) is 2.16. The Morgan fingerprint density at radius 2 is 1.78 bits per heavy atom. The van der Waals surface area contributed by atoms with Crippen molar-refractivity contribution in [2.24, 2.45) is 7.05 Å². The van der Waals surface area contributed by atoms with E-state index < -0.39 is 0 Å². The maximum Gasteiger partial charge on any atom is 0.201 e. The summed E-state index contributed by atoms with van der Waals surface area (Å²) in [6.07, 6.45) is 2.82. The van der Waals surface area contributed by atoms with E-state index in [0.29, 0.717) is 11.1 Å². The van der Waals surface area contributed by atoms with Crippen LogP contribution in [0.4, 0.5) is 5.95 Å². The van der Waals surface area contributed by atoms with E-state index in [1.165, 1.54) is 11.1 Å². The average Bonchev–Trinajstić information content (AvgIpc) is 2.64. The summed E-state index contributed by atoms with van der Waals surface area (Å²) in [7, 11) is 1.82. The number of aromatic nitrogens is 2. The highest BCUT2D eigenvalue weighted by Crippen LogP contribution is 2.19. The molecule has 0 bridgehead atoms. The van der Waals surface area contributed by atoms with Gasteiger partial charge in [-0.3, -0.25) is 0 Å². The monoisotopic (exact) mass is 263 g/mol. The lowest BCUT2D eigenvalue weighted by molar-refractivity contribution is 0.909. The number of aryl methyl sites for hydroxylation is 3. The summed E-state index contributed by atoms with van der Waals surface area (Å²) < 4.78 is 1.71. The molecular formula is C14H18ClN3. The van der Waals surface area contributed by atoms with Crippen molar-refractivity contribution in [2.75, 3.05) is 5.73 Å². The Morgan fingerprint density at radius 1 is 1.17 bits per heavy atom. The first kappa shape index (κ1) is 13.0. The molecule has 18 heavy (non-hydrogen) atoms. The fourth-order valence-electron chi connectivity index (χ4n) is 1.92. The van der Waals surface area contributed by atoms with Crippen molar-refractivity contribution in [3.63, 3.8) is 0 Å². The molecule has 3 nitrogen and oxygen atoms in total. The molecule has 0 atom stereocenters. The number of hydrogen-bond donors (Lipinski definition) is 1. The van der Waals surface area contributed by atoms with Crippen molar-refractivity contribution in [2.45, 2.75) is 26.2 Å². The van der Waals surface area contributed by atoms with Gasteiger partial charge in [-0.25, -0.2) is 4.98 Å². The molecule has 0 saturated carbocycles. The minimum absolute atomic E-state index is 0.469. The van der Waals surface area contributed by atoms with Crippen LogP contribution in [0.3, 0.4) is 0 Å². The summed E-state index contributed by atoms with van der Waals surface area (Å²) in [5.41, 5.74) is 9.25. The largest absolute Gasteiger partial charge is 0.369 e. The molecule has 0 aliphatic rings. The SMILES string of the molecule is CCc1ccc(CCc2nc(N)n(C)c2Cl)cc1. The minimum Gasteiger partial charge on any atom is -0.369 e.